The largest absolute Gasteiger partial charge is 0.388 e. The lowest BCUT2D eigenvalue weighted by atomic mass is 9.81. The van der Waals surface area contributed by atoms with Crippen LogP contribution in [0.4, 0.5) is 0 Å². The first-order chi connectivity index (χ1) is 6.95. The molecule has 0 saturated carbocycles. The van der Waals surface area contributed by atoms with Crippen molar-refractivity contribution in [2.75, 3.05) is 6.54 Å². The van der Waals surface area contributed by atoms with Gasteiger partial charge in [0.1, 0.15) is 0 Å². The molecular weight excluding hydrogens is 170 g/mol. The third-order valence-corrected chi connectivity index (χ3v) is 3.59. The van der Waals surface area contributed by atoms with Gasteiger partial charge in [-0.1, -0.05) is 17.7 Å². The normalized spacial score (nSPS) is 25.7. The Hall–Kier alpha value is -0.980. The van der Waals surface area contributed by atoms with Crippen LogP contribution in [0.15, 0.2) is 34.6 Å². The first kappa shape index (κ1) is 8.34. The smallest absolute Gasteiger partial charge is 0.0148 e. The van der Waals surface area contributed by atoms with Crippen molar-refractivity contribution in [3.05, 3.63) is 34.6 Å². The van der Waals surface area contributed by atoms with Crippen LogP contribution >= 0.6 is 0 Å². The molecule has 0 atom stereocenters. The molecule has 14 heavy (non-hydrogen) atoms. The lowest BCUT2D eigenvalue weighted by Gasteiger charge is -2.30. The highest BCUT2D eigenvalue weighted by atomic mass is 14.9. The van der Waals surface area contributed by atoms with E-state index in [1.165, 1.54) is 45.1 Å². The topological polar surface area (TPSA) is 12.0 Å². The van der Waals surface area contributed by atoms with E-state index in [-0.39, 0.29) is 0 Å². The second-order valence-electron chi connectivity index (χ2n) is 4.45. The highest BCUT2D eigenvalue weighted by Gasteiger charge is 2.22. The fraction of sp³-hybridized carbons (Fsp3) is 0.538. The van der Waals surface area contributed by atoms with Gasteiger partial charge in [0.2, 0.25) is 0 Å². The van der Waals surface area contributed by atoms with Gasteiger partial charge in [0.25, 0.3) is 0 Å². The zero-order chi connectivity index (χ0) is 9.38. The fourth-order valence-corrected chi connectivity index (χ4v) is 2.86. The van der Waals surface area contributed by atoms with Crippen LogP contribution in [0.25, 0.3) is 0 Å². The minimum atomic E-state index is 1.19. The maximum atomic E-state index is 3.57. The summed E-state index contributed by atoms with van der Waals surface area (Å²) in [5.74, 6) is 0. The summed E-state index contributed by atoms with van der Waals surface area (Å²) in [7, 11) is 0. The maximum absolute atomic E-state index is 3.57. The molecule has 0 aromatic rings. The molecule has 0 saturated heterocycles. The van der Waals surface area contributed by atoms with Gasteiger partial charge in [-0.25, -0.2) is 0 Å². The van der Waals surface area contributed by atoms with Gasteiger partial charge in [0.05, 0.1) is 0 Å². The zero-order valence-corrected chi connectivity index (χ0v) is 8.60. The SMILES string of the molecule is C1=CC2=C(CC1)CCC1=C2CCCN1. The molecule has 0 aromatic carbocycles. The first-order valence-electron chi connectivity index (χ1n) is 5.80. The molecule has 1 heterocycles. The van der Waals surface area contributed by atoms with Crippen molar-refractivity contribution in [2.24, 2.45) is 0 Å². The van der Waals surface area contributed by atoms with E-state index in [9.17, 15) is 0 Å². The number of hydrogen-bond donors (Lipinski definition) is 1. The lowest BCUT2D eigenvalue weighted by molar-refractivity contribution is 0.613. The molecule has 3 rings (SSSR count). The number of allylic oxidation sites excluding steroid dienone is 6. The van der Waals surface area contributed by atoms with E-state index in [4.69, 9.17) is 0 Å². The van der Waals surface area contributed by atoms with Crippen LogP contribution in [-0.4, -0.2) is 6.54 Å². The minimum absolute atomic E-state index is 1.19. The Kier molecular flexibility index (Phi) is 1.97. The van der Waals surface area contributed by atoms with Gasteiger partial charge < -0.3 is 5.32 Å². The van der Waals surface area contributed by atoms with Crippen LogP contribution < -0.4 is 5.32 Å². The Morgan fingerprint density at radius 1 is 1.07 bits per heavy atom. The Labute approximate surface area is 85.6 Å². The summed E-state index contributed by atoms with van der Waals surface area (Å²) in [5.41, 5.74) is 6.48. The van der Waals surface area contributed by atoms with Crippen molar-refractivity contribution in [2.45, 2.75) is 38.5 Å². The quantitative estimate of drug-likeness (QED) is 0.614. The molecule has 2 aliphatic carbocycles. The predicted octanol–water partition coefficient (Wildman–Crippen LogP) is 3.06. The summed E-state index contributed by atoms with van der Waals surface area (Å²) in [6.07, 6.45) is 12.4. The van der Waals surface area contributed by atoms with Crippen LogP contribution in [0.1, 0.15) is 38.5 Å². The molecule has 1 nitrogen and oxygen atoms in total. The molecular formula is C13H17N. The molecule has 74 valence electrons. The molecule has 0 aromatic heterocycles. The molecule has 3 aliphatic rings. The van der Waals surface area contributed by atoms with Crippen LogP contribution in [-0.2, 0) is 0 Å². The van der Waals surface area contributed by atoms with Gasteiger partial charge in [-0.2, -0.15) is 0 Å². The van der Waals surface area contributed by atoms with Gasteiger partial charge in [-0.3, -0.25) is 0 Å². The maximum Gasteiger partial charge on any atom is 0.0148 e. The van der Waals surface area contributed by atoms with Crippen LogP contribution in [0.5, 0.6) is 0 Å². The van der Waals surface area contributed by atoms with Crippen molar-refractivity contribution in [3.8, 4) is 0 Å². The summed E-state index contributed by atoms with van der Waals surface area (Å²) in [6.45, 7) is 1.19. The van der Waals surface area contributed by atoms with E-state index in [0.717, 1.165) is 0 Å². The first-order valence-corrected chi connectivity index (χ1v) is 5.80. The van der Waals surface area contributed by atoms with Crippen LogP contribution in [0.2, 0.25) is 0 Å². The molecule has 1 N–H and O–H groups in total. The summed E-state index contributed by atoms with van der Waals surface area (Å²) in [5, 5.41) is 3.57. The van der Waals surface area contributed by atoms with Crippen molar-refractivity contribution in [1.82, 2.24) is 5.32 Å². The number of fused-ring (bicyclic) bond motifs is 1. The van der Waals surface area contributed by atoms with Gasteiger partial charge in [0, 0.05) is 12.2 Å². The highest BCUT2D eigenvalue weighted by molar-refractivity contribution is 5.50. The van der Waals surface area contributed by atoms with Gasteiger partial charge in [-0.15, -0.1) is 0 Å². The number of nitrogens with one attached hydrogen (secondary N) is 1. The Bertz CT molecular complexity index is 344. The standard InChI is InChI=1S/C13H17N/c1-2-5-11-10(4-1)7-8-13-12(11)6-3-9-14-13/h2,5,14H,1,3-4,6-9H2. The van der Waals surface area contributed by atoms with Gasteiger partial charge in [-0.05, 0) is 49.7 Å². The second-order valence-corrected chi connectivity index (χ2v) is 4.45. The van der Waals surface area contributed by atoms with E-state index >= 15 is 0 Å². The average Bonchev–Trinajstić information content (AvgIpc) is 2.29. The zero-order valence-electron chi connectivity index (χ0n) is 8.60. The van der Waals surface area contributed by atoms with E-state index in [1.54, 1.807) is 22.4 Å². The third-order valence-electron chi connectivity index (χ3n) is 3.59. The van der Waals surface area contributed by atoms with Crippen molar-refractivity contribution in [3.63, 3.8) is 0 Å². The Balaban J connectivity index is 2.03. The number of rotatable bonds is 0. The minimum Gasteiger partial charge on any atom is -0.388 e. The van der Waals surface area contributed by atoms with Crippen LogP contribution in [0.3, 0.4) is 0 Å². The van der Waals surface area contributed by atoms with Crippen molar-refractivity contribution >= 4 is 0 Å². The Morgan fingerprint density at radius 2 is 2.07 bits per heavy atom. The van der Waals surface area contributed by atoms with Crippen molar-refractivity contribution < 1.29 is 0 Å². The molecule has 0 bridgehead atoms. The predicted molar refractivity (Wildman–Crippen MR) is 58.9 cm³/mol. The fourth-order valence-electron chi connectivity index (χ4n) is 2.86. The Morgan fingerprint density at radius 3 is 3.07 bits per heavy atom. The molecule has 0 amide bonds. The molecule has 1 aliphatic heterocycles. The third kappa shape index (κ3) is 1.23. The molecule has 1 heteroatoms. The van der Waals surface area contributed by atoms with Gasteiger partial charge in [0.15, 0.2) is 0 Å². The summed E-state index contributed by atoms with van der Waals surface area (Å²) >= 11 is 0. The molecule has 0 unspecified atom stereocenters. The summed E-state index contributed by atoms with van der Waals surface area (Å²) < 4.78 is 0. The van der Waals surface area contributed by atoms with E-state index < -0.39 is 0 Å². The molecule has 0 radical (unpaired) electrons. The highest BCUT2D eigenvalue weighted by Crippen LogP contribution is 2.38. The second kappa shape index (κ2) is 3.30. The molecule has 0 fully saturated rings. The van der Waals surface area contributed by atoms with Crippen molar-refractivity contribution in [1.29, 1.82) is 0 Å². The lowest BCUT2D eigenvalue weighted by Crippen LogP contribution is -2.25. The summed E-state index contributed by atoms with van der Waals surface area (Å²) in [6, 6.07) is 0. The van der Waals surface area contributed by atoms with E-state index in [1.807, 2.05) is 0 Å². The monoisotopic (exact) mass is 187 g/mol. The van der Waals surface area contributed by atoms with E-state index in [2.05, 4.69) is 17.5 Å². The average molecular weight is 187 g/mol. The number of hydrogen-bond acceptors (Lipinski definition) is 1. The molecule has 0 spiro atoms. The van der Waals surface area contributed by atoms with Crippen LogP contribution in [0, 0.1) is 0 Å². The van der Waals surface area contributed by atoms with E-state index in [0.29, 0.717) is 0 Å². The van der Waals surface area contributed by atoms with Gasteiger partial charge >= 0.3 is 0 Å². The summed E-state index contributed by atoms with van der Waals surface area (Å²) in [4.78, 5) is 0.